The van der Waals surface area contributed by atoms with Gasteiger partial charge in [0.25, 0.3) is 5.91 Å². The number of benzene rings is 4. The number of hydrogen-bond donors (Lipinski definition) is 1. The van der Waals surface area contributed by atoms with Crippen molar-refractivity contribution >= 4 is 46.7 Å². The Labute approximate surface area is 252 Å². The van der Waals surface area contributed by atoms with Gasteiger partial charge in [-0.25, -0.2) is 9.69 Å². The van der Waals surface area contributed by atoms with E-state index in [4.69, 9.17) is 21.1 Å². The molecule has 1 heterocycles. The van der Waals surface area contributed by atoms with E-state index in [1.807, 2.05) is 24.3 Å². The minimum Gasteiger partial charge on any atom is -0.495 e. The number of rotatable bonds is 6. The summed E-state index contributed by atoms with van der Waals surface area (Å²) in [6.45, 7) is -0.565. The lowest BCUT2D eigenvalue weighted by Gasteiger charge is -2.45. The van der Waals surface area contributed by atoms with E-state index in [1.165, 1.54) is 30.2 Å². The predicted molar refractivity (Wildman–Crippen MR) is 159 cm³/mol. The number of hydrogen-bond acceptors (Lipinski definition) is 6. The van der Waals surface area contributed by atoms with Crippen molar-refractivity contribution in [3.8, 4) is 5.75 Å². The number of anilines is 2. The number of esters is 1. The van der Waals surface area contributed by atoms with Crippen molar-refractivity contribution in [3.63, 3.8) is 0 Å². The van der Waals surface area contributed by atoms with Gasteiger partial charge in [0.2, 0.25) is 11.8 Å². The van der Waals surface area contributed by atoms with Crippen molar-refractivity contribution in [2.75, 3.05) is 23.9 Å². The Hall–Kier alpha value is -4.95. The molecular weight excluding hydrogens is 568 g/mol. The molecular formula is C34H25ClN2O6. The molecule has 1 N–H and O–H groups in total. The van der Waals surface area contributed by atoms with E-state index < -0.39 is 30.3 Å². The molecule has 0 radical (unpaired) electrons. The molecule has 4 aromatic rings. The zero-order chi connectivity index (χ0) is 29.8. The lowest BCUT2D eigenvalue weighted by Crippen LogP contribution is -2.41. The van der Waals surface area contributed by atoms with Crippen LogP contribution in [-0.2, 0) is 19.1 Å². The summed E-state index contributed by atoms with van der Waals surface area (Å²) >= 11 is 6.02. The number of ether oxygens (including phenoxy) is 2. The summed E-state index contributed by atoms with van der Waals surface area (Å²) in [5.74, 6) is -3.06. The average Bonchev–Trinajstić information content (AvgIpc) is 3.30. The number of carbonyl (C=O) groups excluding carboxylic acids is 4. The second kappa shape index (κ2) is 10.4. The molecule has 4 aliphatic rings. The summed E-state index contributed by atoms with van der Waals surface area (Å²) < 4.78 is 10.5. The fourth-order valence-corrected chi connectivity index (χ4v) is 7.05. The number of imide groups is 1. The number of carbonyl (C=O) groups is 4. The summed E-state index contributed by atoms with van der Waals surface area (Å²) in [4.78, 5) is 54.7. The summed E-state index contributed by atoms with van der Waals surface area (Å²) in [5, 5.41) is 3.01. The highest BCUT2D eigenvalue weighted by Crippen LogP contribution is 2.61. The number of nitrogens with one attached hydrogen (secondary N) is 1. The first-order valence-corrected chi connectivity index (χ1v) is 14.2. The van der Waals surface area contributed by atoms with Crippen LogP contribution < -0.4 is 15.0 Å². The molecule has 4 aromatic carbocycles. The first kappa shape index (κ1) is 26.9. The normalized spacial score (nSPS) is 21.1. The van der Waals surface area contributed by atoms with E-state index in [2.05, 4.69) is 29.6 Å². The van der Waals surface area contributed by atoms with E-state index in [-0.39, 0.29) is 29.2 Å². The molecule has 1 aliphatic heterocycles. The fourth-order valence-electron chi connectivity index (χ4n) is 6.88. The summed E-state index contributed by atoms with van der Waals surface area (Å²) in [6, 6.07) is 27.0. The third kappa shape index (κ3) is 4.29. The lowest BCUT2D eigenvalue weighted by atomic mass is 9.55. The van der Waals surface area contributed by atoms with Gasteiger partial charge in [0.1, 0.15) is 5.75 Å². The highest BCUT2D eigenvalue weighted by Gasteiger charge is 2.61. The van der Waals surface area contributed by atoms with Crippen LogP contribution in [-0.4, -0.2) is 37.4 Å². The Kier molecular flexibility index (Phi) is 6.51. The monoisotopic (exact) mass is 592 g/mol. The topological polar surface area (TPSA) is 102 Å². The maximum atomic E-state index is 14.0. The SMILES string of the molecule is COc1ccc(Cl)cc1NC(=O)COC(=O)c1cccc(N2C(=O)[C@H]3C4c5ccccc5C(c5ccccc54)[C@@H]3C2=O)c1. The van der Waals surface area contributed by atoms with E-state index in [0.717, 1.165) is 22.3 Å². The molecule has 0 unspecified atom stereocenters. The third-order valence-electron chi connectivity index (χ3n) is 8.56. The van der Waals surface area contributed by atoms with Gasteiger partial charge in [-0.15, -0.1) is 0 Å². The van der Waals surface area contributed by atoms with Crippen LogP contribution in [0.1, 0.15) is 44.4 Å². The van der Waals surface area contributed by atoms with E-state index in [9.17, 15) is 19.2 Å². The minimum atomic E-state index is -0.772. The van der Waals surface area contributed by atoms with Crippen molar-refractivity contribution in [3.05, 3.63) is 124 Å². The quantitative estimate of drug-likeness (QED) is 0.233. The number of halogens is 1. The molecule has 1 fully saturated rings. The number of amides is 3. The van der Waals surface area contributed by atoms with Crippen molar-refractivity contribution < 1.29 is 28.7 Å². The zero-order valence-corrected chi connectivity index (χ0v) is 23.7. The van der Waals surface area contributed by atoms with Gasteiger partial charge in [-0.3, -0.25) is 14.4 Å². The Morgan fingerprint density at radius 3 is 1.93 bits per heavy atom. The predicted octanol–water partition coefficient (Wildman–Crippen LogP) is 5.54. The summed E-state index contributed by atoms with van der Waals surface area (Å²) in [7, 11) is 1.46. The van der Waals surface area contributed by atoms with Crippen LogP contribution in [0.25, 0.3) is 0 Å². The largest absolute Gasteiger partial charge is 0.495 e. The molecule has 2 atom stereocenters. The second-order valence-electron chi connectivity index (χ2n) is 10.8. The Morgan fingerprint density at radius 2 is 1.37 bits per heavy atom. The molecule has 9 heteroatoms. The van der Waals surface area contributed by atoms with Gasteiger partial charge in [0, 0.05) is 16.9 Å². The first-order chi connectivity index (χ1) is 20.9. The molecule has 2 bridgehead atoms. The lowest BCUT2D eigenvalue weighted by molar-refractivity contribution is -0.122. The highest BCUT2D eigenvalue weighted by atomic mass is 35.5. The molecule has 214 valence electrons. The maximum Gasteiger partial charge on any atom is 0.338 e. The third-order valence-corrected chi connectivity index (χ3v) is 8.79. The standard InChI is InChI=1S/C34H25ClN2O6/c1-42-26-14-13-19(35)16-25(26)36-27(38)17-43-34(41)18-7-6-8-20(15-18)37-32(39)30-28-21-9-2-3-10-22(21)29(31(30)33(37)40)24-12-5-4-11-23(24)28/h2-16,28-31H,17H2,1H3,(H,36,38)/t28?,29?,30-,31-/m0/s1. The highest BCUT2D eigenvalue weighted by molar-refractivity contribution is 6.31. The van der Waals surface area contributed by atoms with E-state index >= 15 is 0 Å². The molecule has 0 aromatic heterocycles. The van der Waals surface area contributed by atoms with Crippen molar-refractivity contribution in [1.29, 1.82) is 0 Å². The fraction of sp³-hybridized carbons (Fsp3) is 0.176. The van der Waals surface area contributed by atoms with Crippen LogP contribution in [0.3, 0.4) is 0 Å². The molecule has 0 saturated carbocycles. The van der Waals surface area contributed by atoms with Crippen LogP contribution in [0.2, 0.25) is 5.02 Å². The first-order valence-electron chi connectivity index (χ1n) is 13.8. The van der Waals surface area contributed by atoms with E-state index in [1.54, 1.807) is 24.3 Å². The molecule has 0 spiro atoms. The van der Waals surface area contributed by atoms with Crippen molar-refractivity contribution in [2.45, 2.75) is 11.8 Å². The second-order valence-corrected chi connectivity index (χ2v) is 11.2. The summed E-state index contributed by atoms with van der Waals surface area (Å²) in [5.41, 5.74) is 5.07. The van der Waals surface area contributed by atoms with Gasteiger partial charge < -0.3 is 14.8 Å². The average molecular weight is 593 g/mol. The molecule has 3 aliphatic carbocycles. The Morgan fingerprint density at radius 1 is 0.791 bits per heavy atom. The molecule has 43 heavy (non-hydrogen) atoms. The number of nitrogens with zero attached hydrogens (tertiary/aromatic N) is 1. The number of methoxy groups -OCH3 is 1. The van der Waals surface area contributed by atoms with Gasteiger partial charge in [0.05, 0.1) is 35.9 Å². The van der Waals surface area contributed by atoms with Gasteiger partial charge >= 0.3 is 5.97 Å². The molecule has 3 amide bonds. The van der Waals surface area contributed by atoms with Crippen molar-refractivity contribution in [1.82, 2.24) is 0 Å². The Bertz CT molecular complexity index is 1720. The van der Waals surface area contributed by atoms with E-state index in [0.29, 0.717) is 22.1 Å². The molecule has 8 nitrogen and oxygen atoms in total. The Balaban J connectivity index is 1.12. The van der Waals surface area contributed by atoms with Crippen LogP contribution in [0.5, 0.6) is 5.75 Å². The summed E-state index contributed by atoms with van der Waals surface area (Å²) in [6.07, 6.45) is 0. The maximum absolute atomic E-state index is 14.0. The minimum absolute atomic E-state index is 0.107. The van der Waals surface area contributed by atoms with Gasteiger partial charge in [-0.2, -0.15) is 0 Å². The van der Waals surface area contributed by atoms with Crippen LogP contribution in [0.15, 0.2) is 91.0 Å². The zero-order valence-electron chi connectivity index (χ0n) is 23.0. The van der Waals surface area contributed by atoms with Gasteiger partial charge in [0.15, 0.2) is 6.61 Å². The van der Waals surface area contributed by atoms with Crippen molar-refractivity contribution in [2.24, 2.45) is 11.8 Å². The van der Waals surface area contributed by atoms with Gasteiger partial charge in [-0.1, -0.05) is 66.2 Å². The molecule has 1 saturated heterocycles. The van der Waals surface area contributed by atoms with Crippen LogP contribution in [0, 0.1) is 11.8 Å². The van der Waals surface area contributed by atoms with Crippen LogP contribution in [0.4, 0.5) is 11.4 Å². The van der Waals surface area contributed by atoms with Gasteiger partial charge in [-0.05, 0) is 58.7 Å². The van der Waals surface area contributed by atoms with Crippen LogP contribution >= 0.6 is 11.6 Å². The molecule has 8 rings (SSSR count). The smallest absolute Gasteiger partial charge is 0.338 e.